The number of likely N-dealkylation sites (tertiary alicyclic amines) is 1. The largest absolute Gasteiger partial charge is 0.490 e. The minimum absolute atomic E-state index is 0.0933. The van der Waals surface area contributed by atoms with Crippen molar-refractivity contribution < 1.29 is 9.53 Å². The van der Waals surface area contributed by atoms with Crippen molar-refractivity contribution in [2.24, 2.45) is 5.73 Å². The quantitative estimate of drug-likeness (QED) is 0.600. The van der Waals surface area contributed by atoms with Gasteiger partial charge in [0, 0.05) is 18.7 Å². The van der Waals surface area contributed by atoms with E-state index in [0.29, 0.717) is 25.6 Å². The number of amides is 1. The number of unbranched alkanes of at least 4 members (excludes halogenated alkanes) is 3. The molecule has 2 heterocycles. The molecule has 1 aromatic heterocycles. The van der Waals surface area contributed by atoms with Crippen molar-refractivity contribution in [3.8, 4) is 5.75 Å². The van der Waals surface area contributed by atoms with Gasteiger partial charge >= 0.3 is 0 Å². The van der Waals surface area contributed by atoms with Crippen LogP contribution in [0.4, 0.5) is 0 Å². The molecule has 3 N–H and O–H groups in total. The summed E-state index contributed by atoms with van der Waals surface area (Å²) < 4.78 is 5.74. The third kappa shape index (κ3) is 7.00. The zero-order valence-corrected chi connectivity index (χ0v) is 15.4. The second-order valence-electron chi connectivity index (χ2n) is 6.74. The SMILES string of the molecule is CN1CCCC1c1cncc(OCCNC(=O)CCCCCCN)c1. The van der Waals surface area contributed by atoms with Gasteiger partial charge in [0.25, 0.3) is 0 Å². The van der Waals surface area contributed by atoms with Gasteiger partial charge in [-0.3, -0.25) is 14.7 Å². The van der Waals surface area contributed by atoms with Crippen LogP contribution in [0.15, 0.2) is 18.5 Å². The Bertz CT molecular complexity index is 524. The molecule has 1 fully saturated rings. The first-order chi connectivity index (χ1) is 12.2. The van der Waals surface area contributed by atoms with Crippen molar-refractivity contribution in [3.63, 3.8) is 0 Å². The number of ether oxygens (including phenoxy) is 1. The van der Waals surface area contributed by atoms with E-state index in [2.05, 4.69) is 28.3 Å². The van der Waals surface area contributed by atoms with Gasteiger partial charge in [-0.25, -0.2) is 0 Å². The van der Waals surface area contributed by atoms with E-state index >= 15 is 0 Å². The molecule has 0 spiro atoms. The normalized spacial score (nSPS) is 17.6. The number of nitrogens with zero attached hydrogens (tertiary/aromatic N) is 2. The fourth-order valence-electron chi connectivity index (χ4n) is 3.26. The Morgan fingerprint density at radius 3 is 2.96 bits per heavy atom. The van der Waals surface area contributed by atoms with Gasteiger partial charge in [0.15, 0.2) is 0 Å². The van der Waals surface area contributed by atoms with Gasteiger partial charge < -0.3 is 15.8 Å². The molecular formula is C19H32N4O2. The first-order valence-corrected chi connectivity index (χ1v) is 9.45. The van der Waals surface area contributed by atoms with Crippen LogP contribution in [0, 0.1) is 0 Å². The van der Waals surface area contributed by atoms with E-state index in [4.69, 9.17) is 10.5 Å². The number of nitrogens with two attached hydrogens (primary N) is 1. The van der Waals surface area contributed by atoms with E-state index in [9.17, 15) is 4.79 Å². The highest BCUT2D eigenvalue weighted by atomic mass is 16.5. The molecule has 0 bridgehead atoms. The highest BCUT2D eigenvalue weighted by Crippen LogP contribution is 2.31. The third-order valence-electron chi connectivity index (χ3n) is 4.69. The molecule has 2 rings (SSSR count). The van der Waals surface area contributed by atoms with Gasteiger partial charge in [0.2, 0.25) is 5.91 Å². The Hall–Kier alpha value is -1.66. The predicted molar refractivity (Wildman–Crippen MR) is 99.5 cm³/mol. The van der Waals surface area contributed by atoms with Crippen molar-refractivity contribution in [2.45, 2.75) is 51.0 Å². The maximum Gasteiger partial charge on any atom is 0.220 e. The van der Waals surface area contributed by atoms with Crippen molar-refractivity contribution in [3.05, 3.63) is 24.0 Å². The lowest BCUT2D eigenvalue weighted by molar-refractivity contribution is -0.121. The highest BCUT2D eigenvalue weighted by Gasteiger charge is 2.23. The first-order valence-electron chi connectivity index (χ1n) is 9.45. The number of nitrogens with one attached hydrogen (secondary N) is 1. The van der Waals surface area contributed by atoms with Crippen LogP contribution >= 0.6 is 0 Å². The standard InChI is InChI=1S/C19H32N4O2/c1-23-11-6-7-18(23)16-13-17(15-21-14-16)25-12-10-22-19(24)8-4-2-3-5-9-20/h13-15,18H,2-12,20H2,1H3,(H,22,24). The second kappa shape index (κ2) is 11.1. The number of carbonyl (C=O) groups excluding carboxylic acids is 1. The van der Waals surface area contributed by atoms with Crippen molar-refractivity contribution in [2.75, 3.05) is 33.3 Å². The lowest BCUT2D eigenvalue weighted by Crippen LogP contribution is -2.27. The highest BCUT2D eigenvalue weighted by molar-refractivity contribution is 5.75. The lowest BCUT2D eigenvalue weighted by atomic mass is 10.1. The molecule has 1 amide bonds. The number of pyridine rings is 1. The van der Waals surface area contributed by atoms with Crippen molar-refractivity contribution in [1.29, 1.82) is 0 Å². The summed E-state index contributed by atoms with van der Waals surface area (Å²) >= 11 is 0. The fraction of sp³-hybridized carbons (Fsp3) is 0.684. The van der Waals surface area contributed by atoms with Gasteiger partial charge in [-0.2, -0.15) is 0 Å². The van der Waals surface area contributed by atoms with Gasteiger partial charge in [-0.1, -0.05) is 12.8 Å². The lowest BCUT2D eigenvalue weighted by Gasteiger charge is -2.19. The monoisotopic (exact) mass is 348 g/mol. The zero-order chi connectivity index (χ0) is 17.9. The van der Waals surface area contributed by atoms with Crippen LogP contribution in [0.3, 0.4) is 0 Å². The summed E-state index contributed by atoms with van der Waals surface area (Å²) in [4.78, 5) is 18.4. The molecule has 140 valence electrons. The molecule has 25 heavy (non-hydrogen) atoms. The van der Waals surface area contributed by atoms with E-state index in [-0.39, 0.29) is 5.91 Å². The number of rotatable bonds is 11. The van der Waals surface area contributed by atoms with Crippen LogP contribution in [0.1, 0.15) is 56.6 Å². The van der Waals surface area contributed by atoms with Crippen LogP contribution in [0.5, 0.6) is 5.75 Å². The summed E-state index contributed by atoms with van der Waals surface area (Å²) in [5, 5.41) is 2.90. The van der Waals surface area contributed by atoms with Crippen LogP contribution in [-0.4, -0.2) is 49.1 Å². The Morgan fingerprint density at radius 2 is 2.20 bits per heavy atom. The summed E-state index contributed by atoms with van der Waals surface area (Å²) in [5.41, 5.74) is 6.66. The van der Waals surface area contributed by atoms with E-state index in [1.54, 1.807) is 6.20 Å². The van der Waals surface area contributed by atoms with Gasteiger partial charge in [-0.15, -0.1) is 0 Å². The van der Waals surface area contributed by atoms with Gasteiger partial charge in [-0.05, 0) is 57.5 Å². The molecule has 1 aliphatic rings. The Balaban J connectivity index is 1.62. The zero-order valence-electron chi connectivity index (χ0n) is 15.4. The molecule has 1 aromatic rings. The Kier molecular flexibility index (Phi) is 8.69. The minimum Gasteiger partial charge on any atom is -0.490 e. The molecule has 1 atom stereocenters. The van der Waals surface area contributed by atoms with E-state index in [0.717, 1.165) is 44.5 Å². The molecular weight excluding hydrogens is 316 g/mol. The number of carbonyl (C=O) groups is 1. The average molecular weight is 348 g/mol. The van der Waals surface area contributed by atoms with Crippen molar-refractivity contribution >= 4 is 5.91 Å². The molecule has 1 aliphatic heterocycles. The predicted octanol–water partition coefficient (Wildman–Crippen LogP) is 2.25. The molecule has 1 saturated heterocycles. The second-order valence-corrected chi connectivity index (χ2v) is 6.74. The van der Waals surface area contributed by atoms with Gasteiger partial charge in [0.1, 0.15) is 12.4 Å². The molecule has 0 saturated carbocycles. The number of aromatic nitrogens is 1. The number of hydrogen-bond donors (Lipinski definition) is 2. The first kappa shape index (κ1) is 19.7. The Labute approximate surface area is 151 Å². The Morgan fingerprint density at radius 1 is 1.36 bits per heavy atom. The molecule has 0 radical (unpaired) electrons. The van der Waals surface area contributed by atoms with Crippen molar-refractivity contribution in [1.82, 2.24) is 15.2 Å². The fourth-order valence-corrected chi connectivity index (χ4v) is 3.26. The summed E-state index contributed by atoms with van der Waals surface area (Å²) in [7, 11) is 2.15. The van der Waals surface area contributed by atoms with E-state index in [1.165, 1.54) is 18.4 Å². The number of hydrogen-bond acceptors (Lipinski definition) is 5. The molecule has 0 aliphatic carbocycles. The molecule has 1 unspecified atom stereocenters. The average Bonchev–Trinajstić information content (AvgIpc) is 3.05. The molecule has 0 aromatic carbocycles. The maximum absolute atomic E-state index is 11.7. The molecule has 6 heteroatoms. The van der Waals surface area contributed by atoms with Crippen LogP contribution in [0.25, 0.3) is 0 Å². The van der Waals surface area contributed by atoms with Crippen LogP contribution in [-0.2, 0) is 4.79 Å². The third-order valence-corrected chi connectivity index (χ3v) is 4.69. The minimum atomic E-state index is 0.0933. The summed E-state index contributed by atoms with van der Waals surface area (Å²) in [6, 6.07) is 2.51. The summed E-state index contributed by atoms with van der Waals surface area (Å²) in [6.07, 6.45) is 10.8. The maximum atomic E-state index is 11.7. The smallest absolute Gasteiger partial charge is 0.220 e. The van der Waals surface area contributed by atoms with E-state index < -0.39 is 0 Å². The van der Waals surface area contributed by atoms with Crippen LogP contribution in [0.2, 0.25) is 0 Å². The summed E-state index contributed by atoms with van der Waals surface area (Å²) in [5.74, 6) is 0.865. The topological polar surface area (TPSA) is 80.5 Å². The van der Waals surface area contributed by atoms with Gasteiger partial charge in [0.05, 0.1) is 12.7 Å². The molecule has 6 nitrogen and oxygen atoms in total. The van der Waals surface area contributed by atoms with E-state index in [1.807, 2.05) is 6.20 Å². The van der Waals surface area contributed by atoms with Crippen LogP contribution < -0.4 is 15.8 Å². The summed E-state index contributed by atoms with van der Waals surface area (Å²) in [6.45, 7) is 2.85.